The molecule has 0 amide bonds. The maximum absolute atomic E-state index is 13.2. The lowest BCUT2D eigenvalue weighted by atomic mass is 9.99. The summed E-state index contributed by atoms with van der Waals surface area (Å²) in [4.78, 5) is 24.7. The van der Waals surface area contributed by atoms with E-state index < -0.39 is 27.4 Å². The van der Waals surface area contributed by atoms with Gasteiger partial charge in [-0.3, -0.25) is 14.3 Å². The number of nitrogens with one attached hydrogen (secondary N) is 1. The van der Waals surface area contributed by atoms with Gasteiger partial charge in [-0.1, -0.05) is 0 Å². The second kappa shape index (κ2) is 10.1. The van der Waals surface area contributed by atoms with Gasteiger partial charge in [0.1, 0.15) is 17.3 Å². The zero-order valence-corrected chi connectivity index (χ0v) is 23.1. The predicted molar refractivity (Wildman–Crippen MR) is 145 cm³/mol. The van der Waals surface area contributed by atoms with E-state index in [0.29, 0.717) is 74.9 Å². The van der Waals surface area contributed by atoms with Gasteiger partial charge in [0.2, 0.25) is 5.95 Å². The number of hydrogen-bond donors (Lipinski definition) is 2. The third-order valence-corrected chi connectivity index (χ3v) is 11.0. The van der Waals surface area contributed by atoms with Crippen molar-refractivity contribution in [2.45, 2.75) is 75.6 Å². The Hall–Kier alpha value is -2.63. The van der Waals surface area contributed by atoms with Gasteiger partial charge in [0.05, 0.1) is 11.6 Å². The molecule has 1 aliphatic carbocycles. The van der Waals surface area contributed by atoms with Crippen molar-refractivity contribution in [3.05, 3.63) is 28.2 Å². The highest BCUT2D eigenvalue weighted by Crippen LogP contribution is 2.39. The molecule has 2 aromatic heterocycles. The summed E-state index contributed by atoms with van der Waals surface area (Å²) in [6, 6.07) is 3.30. The maximum atomic E-state index is 13.2. The van der Waals surface area contributed by atoms with E-state index in [-0.39, 0.29) is 11.6 Å². The maximum Gasteiger partial charge on any atom is 0.282 e. The van der Waals surface area contributed by atoms with Crippen LogP contribution in [0.2, 0.25) is 0 Å². The van der Waals surface area contributed by atoms with E-state index in [0.717, 1.165) is 19.5 Å². The first-order valence-corrected chi connectivity index (χ1v) is 15.4. The molecule has 0 bridgehead atoms. The van der Waals surface area contributed by atoms with Crippen LogP contribution < -0.4 is 10.9 Å². The van der Waals surface area contributed by atoms with Crippen molar-refractivity contribution in [1.82, 2.24) is 28.0 Å². The number of piperidine rings is 1. The Labute approximate surface area is 228 Å². The van der Waals surface area contributed by atoms with Gasteiger partial charge in [-0.05, 0) is 71.0 Å². The van der Waals surface area contributed by atoms with Crippen LogP contribution in [0.4, 0.5) is 5.95 Å². The Morgan fingerprint density at radius 3 is 2.46 bits per heavy atom. The summed E-state index contributed by atoms with van der Waals surface area (Å²) < 4.78 is 30.9. The van der Waals surface area contributed by atoms with E-state index in [9.17, 15) is 23.6 Å². The molecule has 0 unspecified atom stereocenters. The monoisotopic (exact) mass is 556 g/mol. The molecule has 39 heavy (non-hydrogen) atoms. The van der Waals surface area contributed by atoms with Crippen LogP contribution in [0.1, 0.15) is 63.5 Å². The molecule has 3 saturated heterocycles. The third kappa shape index (κ3) is 4.82. The highest BCUT2D eigenvalue weighted by Gasteiger charge is 2.43. The van der Waals surface area contributed by atoms with E-state index in [1.54, 1.807) is 21.7 Å². The SMILES string of the molecule is C[C@@]1(O)CCC[C@H]1n1c(=O)c(C#N)cc2cnc(NC3CCN(S(=O)(=O)N4CC(N5CCCC5)C4)CC3)nc21. The van der Waals surface area contributed by atoms with Crippen LogP contribution in [0, 0.1) is 11.3 Å². The van der Waals surface area contributed by atoms with Crippen LogP contribution in [0.3, 0.4) is 0 Å². The molecule has 6 rings (SSSR count). The number of nitriles is 1. The fourth-order valence-corrected chi connectivity index (χ4v) is 8.34. The Morgan fingerprint density at radius 2 is 1.82 bits per heavy atom. The lowest BCUT2D eigenvalue weighted by molar-refractivity contribution is 0.0266. The number of pyridine rings is 1. The first kappa shape index (κ1) is 26.6. The first-order valence-electron chi connectivity index (χ1n) is 14.0. The molecule has 13 heteroatoms. The van der Waals surface area contributed by atoms with Gasteiger partial charge in [-0.25, -0.2) is 4.98 Å². The van der Waals surface area contributed by atoms with Crippen molar-refractivity contribution in [2.24, 2.45) is 0 Å². The molecule has 1 saturated carbocycles. The summed E-state index contributed by atoms with van der Waals surface area (Å²) in [5, 5.41) is 24.3. The molecule has 4 aliphatic rings. The predicted octanol–water partition coefficient (Wildman–Crippen LogP) is 1.04. The van der Waals surface area contributed by atoms with Crippen LogP contribution in [0.25, 0.3) is 11.0 Å². The fraction of sp³-hybridized carbons (Fsp3) is 0.692. The van der Waals surface area contributed by atoms with E-state index >= 15 is 0 Å². The highest BCUT2D eigenvalue weighted by molar-refractivity contribution is 7.86. The van der Waals surface area contributed by atoms with Gasteiger partial charge >= 0.3 is 0 Å². The number of likely N-dealkylation sites (tertiary alicyclic amines) is 1. The third-order valence-electron chi connectivity index (χ3n) is 9.01. The zero-order valence-electron chi connectivity index (χ0n) is 22.3. The number of aliphatic hydroxyl groups is 1. The number of fused-ring (bicyclic) bond motifs is 1. The van der Waals surface area contributed by atoms with Crippen LogP contribution >= 0.6 is 0 Å². The van der Waals surface area contributed by atoms with Crippen molar-refractivity contribution in [3.8, 4) is 6.07 Å². The molecule has 0 spiro atoms. The minimum absolute atomic E-state index is 0.00274. The van der Waals surface area contributed by atoms with Crippen molar-refractivity contribution in [3.63, 3.8) is 0 Å². The van der Waals surface area contributed by atoms with Crippen LogP contribution in [-0.4, -0.2) is 98.5 Å². The lowest BCUT2D eigenvalue weighted by Gasteiger charge is -2.45. The van der Waals surface area contributed by atoms with E-state index in [1.807, 2.05) is 6.07 Å². The quantitative estimate of drug-likeness (QED) is 0.532. The van der Waals surface area contributed by atoms with Gasteiger partial charge in [-0.2, -0.15) is 27.3 Å². The largest absolute Gasteiger partial charge is 0.388 e. The summed E-state index contributed by atoms with van der Waals surface area (Å²) in [7, 11) is -3.46. The van der Waals surface area contributed by atoms with Crippen LogP contribution in [-0.2, 0) is 10.2 Å². The molecule has 0 aromatic carbocycles. The minimum Gasteiger partial charge on any atom is -0.388 e. The number of aromatic nitrogens is 3. The molecule has 0 radical (unpaired) electrons. The average molecular weight is 557 g/mol. The summed E-state index contributed by atoms with van der Waals surface area (Å²) in [6.07, 6.45) is 7.17. The van der Waals surface area contributed by atoms with Crippen molar-refractivity contribution >= 4 is 27.2 Å². The Morgan fingerprint density at radius 1 is 1.10 bits per heavy atom. The summed E-state index contributed by atoms with van der Waals surface area (Å²) in [5.41, 5.74) is -1.16. The molecular formula is C26H36N8O4S. The second-order valence-corrected chi connectivity index (χ2v) is 13.6. The number of rotatable bonds is 6. The fourth-order valence-electron chi connectivity index (χ4n) is 6.62. The van der Waals surface area contributed by atoms with Gasteiger partial charge in [-0.15, -0.1) is 0 Å². The topological polar surface area (TPSA) is 148 Å². The van der Waals surface area contributed by atoms with Crippen molar-refractivity contribution in [2.75, 3.05) is 44.6 Å². The van der Waals surface area contributed by atoms with E-state index in [1.165, 1.54) is 23.5 Å². The van der Waals surface area contributed by atoms with E-state index in [2.05, 4.69) is 20.2 Å². The molecule has 4 fully saturated rings. The van der Waals surface area contributed by atoms with Gasteiger partial charge in [0.15, 0.2) is 0 Å². The number of anilines is 1. The zero-order chi connectivity index (χ0) is 27.4. The Bertz CT molecular complexity index is 1450. The normalized spacial score (nSPS) is 28.1. The van der Waals surface area contributed by atoms with Crippen LogP contribution in [0.15, 0.2) is 17.1 Å². The van der Waals surface area contributed by atoms with E-state index in [4.69, 9.17) is 0 Å². The second-order valence-electron chi connectivity index (χ2n) is 11.6. The molecule has 5 heterocycles. The van der Waals surface area contributed by atoms with Crippen LogP contribution in [0.5, 0.6) is 0 Å². The first-order chi connectivity index (χ1) is 18.7. The van der Waals surface area contributed by atoms with Crippen molar-refractivity contribution in [1.29, 1.82) is 5.26 Å². The van der Waals surface area contributed by atoms with Gasteiger partial charge in [0, 0.05) is 49.8 Å². The van der Waals surface area contributed by atoms with Crippen molar-refractivity contribution < 1.29 is 13.5 Å². The summed E-state index contributed by atoms with van der Waals surface area (Å²) in [6.45, 7) is 5.85. The smallest absolute Gasteiger partial charge is 0.282 e. The number of nitrogens with zero attached hydrogens (tertiary/aromatic N) is 7. The highest BCUT2D eigenvalue weighted by atomic mass is 32.2. The minimum atomic E-state index is -3.46. The Balaban J connectivity index is 1.15. The van der Waals surface area contributed by atoms with Gasteiger partial charge < -0.3 is 10.4 Å². The molecule has 12 nitrogen and oxygen atoms in total. The Kier molecular flexibility index (Phi) is 6.87. The molecule has 2 atom stereocenters. The summed E-state index contributed by atoms with van der Waals surface area (Å²) >= 11 is 0. The standard InChI is InChI=1S/C26H36N8O4S/c1-26(36)8-4-5-22(26)34-23-19(13-18(14-27)24(34)35)15-28-25(30-23)29-20-6-11-32(12-7-20)39(37,38)33-16-21(17-33)31-9-2-3-10-31/h13,15,20-22,36H,2-12,16-17H2,1H3,(H,28,29,30)/t22-,26-/m1/s1. The molecule has 3 aliphatic heterocycles. The van der Waals surface area contributed by atoms with Gasteiger partial charge in [0.25, 0.3) is 15.8 Å². The molecule has 2 aromatic rings. The lowest BCUT2D eigenvalue weighted by Crippen LogP contribution is -2.63. The molecule has 210 valence electrons. The molecular weight excluding hydrogens is 520 g/mol. The average Bonchev–Trinajstić information content (AvgIpc) is 3.52. The summed E-state index contributed by atoms with van der Waals surface area (Å²) in [5.74, 6) is 0.343. The molecule has 2 N–H and O–H groups in total. The number of hydrogen-bond acceptors (Lipinski definition) is 9.